The molecule has 0 aromatic heterocycles. The van der Waals surface area contributed by atoms with Crippen LogP contribution in [0.5, 0.6) is 5.75 Å². The highest BCUT2D eigenvalue weighted by atomic mass is 32.2. The summed E-state index contributed by atoms with van der Waals surface area (Å²) in [7, 11) is -8.93. The Morgan fingerprint density at radius 3 is 2.12 bits per heavy atom. The normalized spacial score (nSPS) is 14.1. The lowest BCUT2D eigenvalue weighted by atomic mass is 10.0. The monoisotopic (exact) mass is 498 g/mol. The molecule has 0 heterocycles. The van der Waals surface area contributed by atoms with Gasteiger partial charge in [-0.05, 0) is 43.9 Å². The second kappa shape index (κ2) is 13.3. The van der Waals surface area contributed by atoms with E-state index in [1.807, 2.05) is 54.6 Å². The molecule has 2 aromatic rings. The number of hydrogen-bond donors (Lipinski definition) is 1. The van der Waals surface area contributed by atoms with Crippen LogP contribution >= 0.6 is 7.60 Å². The summed E-state index contributed by atoms with van der Waals surface area (Å²) in [6, 6.07) is 17.1. The molecule has 0 amide bonds. The molecule has 0 radical (unpaired) electrons. The van der Waals surface area contributed by atoms with Crippen molar-refractivity contribution in [2.24, 2.45) is 0 Å². The fraction of sp³-hybridized carbons (Fsp3) is 0.500. The van der Waals surface area contributed by atoms with E-state index in [0.717, 1.165) is 30.4 Å². The first kappa shape index (κ1) is 27.5. The van der Waals surface area contributed by atoms with Gasteiger partial charge in [0.25, 0.3) is 10.1 Å². The summed E-state index contributed by atoms with van der Waals surface area (Å²) in [5.74, 6) is 0.642. The fourth-order valence-corrected chi connectivity index (χ4v) is 7.37. The Balaban J connectivity index is 2.43. The van der Waals surface area contributed by atoms with Crippen LogP contribution in [0.4, 0.5) is 0 Å². The number of benzene rings is 2. The second-order valence-electron chi connectivity index (χ2n) is 7.72. The molecule has 7 nitrogen and oxygen atoms in total. The summed E-state index contributed by atoms with van der Waals surface area (Å²) in [5, 5.41) is 0. The highest BCUT2D eigenvalue weighted by molar-refractivity contribution is 7.94. The van der Waals surface area contributed by atoms with Crippen molar-refractivity contribution in [3.8, 4) is 5.75 Å². The van der Waals surface area contributed by atoms with Crippen molar-refractivity contribution in [1.29, 1.82) is 0 Å². The van der Waals surface area contributed by atoms with Gasteiger partial charge >= 0.3 is 7.60 Å². The summed E-state index contributed by atoms with van der Waals surface area (Å²) in [4.78, 5) is -1.76. The topological polar surface area (TPSA) is 99.1 Å². The van der Waals surface area contributed by atoms with Gasteiger partial charge in [0, 0.05) is 12.8 Å². The molecule has 0 fully saturated rings. The predicted molar refractivity (Wildman–Crippen MR) is 130 cm³/mol. The van der Waals surface area contributed by atoms with Gasteiger partial charge in [-0.25, -0.2) is 0 Å². The van der Waals surface area contributed by atoms with Crippen LogP contribution in [-0.4, -0.2) is 37.3 Å². The van der Waals surface area contributed by atoms with Crippen LogP contribution in [0.2, 0.25) is 0 Å². The molecule has 2 aromatic carbocycles. The lowest BCUT2D eigenvalue weighted by molar-refractivity contribution is 0.177. The molecule has 1 N–H and O–H groups in total. The summed E-state index contributed by atoms with van der Waals surface area (Å²) in [6.07, 6.45) is 2.24. The largest absolute Gasteiger partial charge is 0.490 e. The minimum absolute atomic E-state index is 0.0205. The maximum atomic E-state index is 13.4. The Kier molecular flexibility index (Phi) is 11.1. The zero-order chi connectivity index (χ0) is 24.3. The van der Waals surface area contributed by atoms with Gasteiger partial charge < -0.3 is 13.8 Å². The van der Waals surface area contributed by atoms with Crippen LogP contribution in [0, 0.1) is 0 Å². The maximum Gasteiger partial charge on any atom is 0.351 e. The van der Waals surface area contributed by atoms with Crippen LogP contribution in [0.1, 0.15) is 51.2 Å². The first-order chi connectivity index (χ1) is 15.7. The Labute approximate surface area is 197 Å². The molecule has 33 heavy (non-hydrogen) atoms. The molecule has 0 aliphatic rings. The van der Waals surface area contributed by atoms with E-state index in [4.69, 9.17) is 13.8 Å². The smallest absolute Gasteiger partial charge is 0.351 e. The van der Waals surface area contributed by atoms with E-state index in [1.165, 1.54) is 0 Å². The Hall–Kier alpha value is -1.70. The molecule has 0 aliphatic heterocycles. The van der Waals surface area contributed by atoms with E-state index in [-0.39, 0.29) is 19.6 Å². The molecule has 0 aliphatic carbocycles. The molecule has 184 valence electrons. The minimum Gasteiger partial charge on any atom is -0.490 e. The summed E-state index contributed by atoms with van der Waals surface area (Å²) < 4.78 is 64.9. The van der Waals surface area contributed by atoms with Gasteiger partial charge in [0.15, 0.2) is 4.99 Å². The standard InChI is InChI=1S/C24H35O7PS/c1-4-7-15-21-16-11-12-17-23(21)31-22(18-20-13-9-8-10-14-20)19-24(33(26,27)28)32(25,29-5-2)30-6-3/h8-14,16-17,22,24H,4-7,15,18-19H2,1-3H3,(H,26,27,28). The molecule has 0 spiro atoms. The van der Waals surface area contributed by atoms with Crippen molar-refractivity contribution in [2.75, 3.05) is 13.2 Å². The lowest BCUT2D eigenvalue weighted by Gasteiger charge is -2.28. The van der Waals surface area contributed by atoms with Gasteiger partial charge in [-0.3, -0.25) is 9.12 Å². The number of aryl methyl sites for hydroxylation is 1. The van der Waals surface area contributed by atoms with E-state index in [1.54, 1.807) is 13.8 Å². The van der Waals surface area contributed by atoms with Gasteiger partial charge in [-0.2, -0.15) is 8.42 Å². The molecule has 2 unspecified atom stereocenters. The van der Waals surface area contributed by atoms with E-state index in [9.17, 15) is 17.5 Å². The molecular formula is C24H35O7PS. The predicted octanol–water partition coefficient (Wildman–Crippen LogP) is 5.89. The highest BCUT2D eigenvalue weighted by Gasteiger charge is 2.46. The number of ether oxygens (including phenoxy) is 1. The van der Waals surface area contributed by atoms with E-state index in [2.05, 4.69) is 6.92 Å². The highest BCUT2D eigenvalue weighted by Crippen LogP contribution is 2.56. The molecule has 0 saturated heterocycles. The van der Waals surface area contributed by atoms with Crippen LogP contribution in [0.3, 0.4) is 0 Å². The molecule has 9 heteroatoms. The third kappa shape index (κ3) is 8.54. The van der Waals surface area contributed by atoms with Crippen molar-refractivity contribution in [1.82, 2.24) is 0 Å². The Morgan fingerprint density at radius 1 is 0.939 bits per heavy atom. The van der Waals surface area contributed by atoms with E-state index < -0.39 is 28.8 Å². The zero-order valence-corrected chi connectivity index (χ0v) is 21.3. The Bertz CT molecular complexity index is 985. The van der Waals surface area contributed by atoms with Crippen molar-refractivity contribution in [3.63, 3.8) is 0 Å². The molecule has 2 atom stereocenters. The quantitative estimate of drug-likeness (QED) is 0.241. The first-order valence-electron chi connectivity index (χ1n) is 11.4. The van der Waals surface area contributed by atoms with Gasteiger partial charge in [-0.15, -0.1) is 0 Å². The van der Waals surface area contributed by atoms with Gasteiger partial charge in [0.2, 0.25) is 0 Å². The lowest BCUT2D eigenvalue weighted by Crippen LogP contribution is -2.32. The van der Waals surface area contributed by atoms with E-state index >= 15 is 0 Å². The van der Waals surface area contributed by atoms with Crippen molar-refractivity contribution in [3.05, 3.63) is 65.7 Å². The Morgan fingerprint density at radius 2 is 1.55 bits per heavy atom. The molecule has 2 rings (SSSR count). The fourth-order valence-electron chi connectivity index (χ4n) is 3.62. The second-order valence-corrected chi connectivity index (χ2v) is 11.9. The van der Waals surface area contributed by atoms with Crippen LogP contribution in [-0.2, 0) is 36.6 Å². The van der Waals surface area contributed by atoms with Crippen LogP contribution in [0.15, 0.2) is 54.6 Å². The SMILES string of the molecule is CCCCc1ccccc1OC(Cc1ccccc1)CC(P(=O)(OCC)OCC)S(=O)(=O)O. The van der Waals surface area contributed by atoms with Crippen molar-refractivity contribution >= 4 is 17.7 Å². The van der Waals surface area contributed by atoms with Crippen LogP contribution < -0.4 is 4.74 Å². The van der Waals surface area contributed by atoms with Gasteiger partial charge in [-0.1, -0.05) is 61.9 Å². The third-order valence-corrected chi connectivity index (χ3v) is 9.76. The average Bonchev–Trinajstić information content (AvgIpc) is 2.77. The van der Waals surface area contributed by atoms with Crippen molar-refractivity contribution < 1.29 is 31.3 Å². The first-order valence-corrected chi connectivity index (χ1v) is 14.5. The molecule has 0 bridgehead atoms. The zero-order valence-electron chi connectivity index (χ0n) is 19.6. The number of unbranched alkanes of at least 4 members (excludes halogenated alkanes) is 1. The van der Waals surface area contributed by atoms with E-state index in [0.29, 0.717) is 12.2 Å². The number of hydrogen-bond acceptors (Lipinski definition) is 6. The summed E-state index contributed by atoms with van der Waals surface area (Å²) in [6.45, 7) is 5.25. The number of para-hydroxylation sites is 1. The van der Waals surface area contributed by atoms with Gasteiger partial charge in [0.05, 0.1) is 13.2 Å². The minimum atomic E-state index is -4.76. The van der Waals surface area contributed by atoms with Crippen molar-refractivity contribution in [2.45, 2.75) is 64.0 Å². The average molecular weight is 499 g/mol. The maximum absolute atomic E-state index is 13.4. The molecule has 0 saturated carbocycles. The third-order valence-electron chi connectivity index (χ3n) is 5.15. The van der Waals surface area contributed by atoms with Gasteiger partial charge in [0.1, 0.15) is 11.9 Å². The summed E-state index contributed by atoms with van der Waals surface area (Å²) in [5.41, 5.74) is 1.93. The summed E-state index contributed by atoms with van der Waals surface area (Å²) >= 11 is 0. The van der Waals surface area contributed by atoms with Crippen LogP contribution in [0.25, 0.3) is 0 Å². The molecular weight excluding hydrogens is 463 g/mol. The number of rotatable bonds is 15.